The molecule has 0 aliphatic carbocycles. The second-order valence-corrected chi connectivity index (χ2v) is 6.92. The monoisotopic (exact) mass is 356 g/mol. The van der Waals surface area contributed by atoms with Crippen molar-refractivity contribution in [2.24, 2.45) is 0 Å². The van der Waals surface area contributed by atoms with E-state index in [1.165, 1.54) is 0 Å². The molecule has 136 valence electrons. The molecular weight excluding hydrogens is 336 g/mol. The summed E-state index contributed by atoms with van der Waals surface area (Å²) in [5, 5.41) is 5.52. The van der Waals surface area contributed by atoms with E-state index < -0.39 is 23.8 Å². The third-order valence-corrected chi connectivity index (χ3v) is 5.26. The Morgan fingerprint density at radius 3 is 2.58 bits per heavy atom. The minimum absolute atomic E-state index is 0.118. The summed E-state index contributed by atoms with van der Waals surface area (Å²) in [6, 6.07) is 4.59. The van der Waals surface area contributed by atoms with Crippen LogP contribution >= 0.6 is 0 Å². The van der Waals surface area contributed by atoms with Gasteiger partial charge in [-0.15, -0.1) is 0 Å². The summed E-state index contributed by atoms with van der Waals surface area (Å²) < 4.78 is 0. The number of benzene rings is 1. The number of amides is 4. The number of carbonyl (C=O) groups excluding carboxylic acids is 4. The van der Waals surface area contributed by atoms with Crippen LogP contribution in [0.2, 0.25) is 0 Å². The van der Waals surface area contributed by atoms with Crippen LogP contribution in [0.15, 0.2) is 18.2 Å². The normalized spacial score (nSPS) is 26.2. The number of rotatable bonds is 2. The Balaban J connectivity index is 1.64. The highest BCUT2D eigenvalue weighted by atomic mass is 16.2. The Kier molecular flexibility index (Phi) is 3.99. The molecule has 8 nitrogen and oxygen atoms in total. The first-order valence-electron chi connectivity index (χ1n) is 8.80. The molecule has 0 aromatic heterocycles. The van der Waals surface area contributed by atoms with Crippen LogP contribution in [-0.2, 0) is 9.59 Å². The van der Waals surface area contributed by atoms with Crippen LogP contribution in [0.25, 0.3) is 0 Å². The van der Waals surface area contributed by atoms with E-state index in [0.29, 0.717) is 11.1 Å². The molecule has 1 aromatic rings. The van der Waals surface area contributed by atoms with E-state index in [2.05, 4.69) is 22.5 Å². The van der Waals surface area contributed by atoms with Crippen LogP contribution in [0.3, 0.4) is 0 Å². The molecule has 4 amide bonds. The van der Waals surface area contributed by atoms with Crippen LogP contribution in [0.5, 0.6) is 0 Å². The first-order chi connectivity index (χ1) is 12.5. The Labute approximate surface area is 150 Å². The third-order valence-electron chi connectivity index (χ3n) is 5.26. The van der Waals surface area contributed by atoms with Gasteiger partial charge in [0.05, 0.1) is 11.1 Å². The maximum atomic E-state index is 12.9. The van der Waals surface area contributed by atoms with E-state index in [1.54, 1.807) is 12.1 Å². The molecule has 2 saturated heterocycles. The number of piperidine rings is 1. The van der Waals surface area contributed by atoms with Crippen molar-refractivity contribution in [2.75, 3.05) is 24.5 Å². The summed E-state index contributed by atoms with van der Waals surface area (Å²) in [5.41, 5.74) is 1.53. The van der Waals surface area contributed by atoms with Crippen molar-refractivity contribution >= 4 is 29.3 Å². The van der Waals surface area contributed by atoms with Gasteiger partial charge in [0.15, 0.2) is 0 Å². The van der Waals surface area contributed by atoms with Gasteiger partial charge in [0.1, 0.15) is 6.04 Å². The van der Waals surface area contributed by atoms with Crippen molar-refractivity contribution < 1.29 is 19.2 Å². The van der Waals surface area contributed by atoms with Crippen molar-refractivity contribution in [3.63, 3.8) is 0 Å². The maximum Gasteiger partial charge on any atom is 0.262 e. The van der Waals surface area contributed by atoms with Gasteiger partial charge in [-0.1, -0.05) is 0 Å². The first-order valence-corrected chi connectivity index (χ1v) is 8.80. The zero-order chi connectivity index (χ0) is 18.4. The minimum atomic E-state index is -0.929. The molecule has 2 fully saturated rings. The van der Waals surface area contributed by atoms with Gasteiger partial charge < -0.3 is 10.2 Å². The number of anilines is 1. The zero-order valence-electron chi connectivity index (χ0n) is 14.4. The fourth-order valence-electron chi connectivity index (χ4n) is 3.86. The predicted octanol–water partition coefficient (Wildman–Crippen LogP) is -0.114. The average Bonchev–Trinajstić information content (AvgIpc) is 2.86. The molecule has 1 aromatic carbocycles. The zero-order valence-corrected chi connectivity index (χ0v) is 14.4. The number of piperazine rings is 1. The van der Waals surface area contributed by atoms with Gasteiger partial charge in [0.2, 0.25) is 11.8 Å². The van der Waals surface area contributed by atoms with Gasteiger partial charge in [-0.3, -0.25) is 29.4 Å². The van der Waals surface area contributed by atoms with Crippen molar-refractivity contribution in [3.05, 3.63) is 29.3 Å². The van der Waals surface area contributed by atoms with Crippen molar-refractivity contribution in [1.29, 1.82) is 0 Å². The van der Waals surface area contributed by atoms with E-state index in [1.807, 2.05) is 6.07 Å². The largest absolute Gasteiger partial charge is 0.366 e. The van der Waals surface area contributed by atoms with Crippen molar-refractivity contribution in [2.45, 2.75) is 31.8 Å². The van der Waals surface area contributed by atoms with Crippen LogP contribution in [0.1, 0.15) is 40.5 Å². The molecule has 0 bridgehead atoms. The molecule has 4 rings (SSSR count). The molecule has 3 heterocycles. The van der Waals surface area contributed by atoms with Gasteiger partial charge in [-0.25, -0.2) is 0 Å². The Bertz CT molecular complexity index is 821. The standard InChI is InChI=1S/C18H20N4O4/c1-10-9-19-6-7-21(10)11-2-3-12-13(8-11)18(26)22(17(12)25)14-4-5-15(23)20-16(14)24/h2-3,8,10,14,19H,4-7,9H2,1H3,(H,20,23,24)/t10-,14?/m0/s1. The summed E-state index contributed by atoms with van der Waals surface area (Å²) in [5.74, 6) is -1.91. The fourth-order valence-corrected chi connectivity index (χ4v) is 3.86. The molecule has 3 aliphatic heterocycles. The quantitative estimate of drug-likeness (QED) is 0.717. The molecule has 0 saturated carbocycles. The van der Waals surface area contributed by atoms with Crippen LogP contribution < -0.4 is 15.5 Å². The Hall–Kier alpha value is -2.74. The second-order valence-electron chi connectivity index (χ2n) is 6.92. The summed E-state index contributed by atoms with van der Waals surface area (Å²) in [7, 11) is 0. The molecule has 2 atom stereocenters. The van der Waals surface area contributed by atoms with Gasteiger partial charge in [0.25, 0.3) is 11.8 Å². The third kappa shape index (κ3) is 2.57. The van der Waals surface area contributed by atoms with E-state index in [4.69, 9.17) is 0 Å². The molecule has 3 aliphatic rings. The minimum Gasteiger partial charge on any atom is -0.366 e. The molecule has 8 heteroatoms. The molecule has 0 spiro atoms. The number of imide groups is 2. The highest BCUT2D eigenvalue weighted by molar-refractivity contribution is 6.23. The van der Waals surface area contributed by atoms with Crippen LogP contribution in [0.4, 0.5) is 5.69 Å². The van der Waals surface area contributed by atoms with E-state index in [0.717, 1.165) is 30.2 Å². The summed E-state index contributed by atoms with van der Waals surface area (Å²) in [4.78, 5) is 52.2. The number of carbonyl (C=O) groups is 4. The maximum absolute atomic E-state index is 12.9. The number of fused-ring (bicyclic) bond motifs is 1. The van der Waals surface area contributed by atoms with Gasteiger partial charge in [0, 0.05) is 37.8 Å². The van der Waals surface area contributed by atoms with Gasteiger partial charge >= 0.3 is 0 Å². The topological polar surface area (TPSA) is 98.8 Å². The Morgan fingerprint density at radius 1 is 1.08 bits per heavy atom. The molecule has 2 N–H and O–H groups in total. The Morgan fingerprint density at radius 2 is 1.85 bits per heavy atom. The van der Waals surface area contributed by atoms with E-state index >= 15 is 0 Å². The molecular formula is C18H20N4O4. The molecule has 26 heavy (non-hydrogen) atoms. The predicted molar refractivity (Wildman–Crippen MR) is 92.8 cm³/mol. The number of nitrogens with one attached hydrogen (secondary N) is 2. The first kappa shape index (κ1) is 16.7. The number of nitrogens with zero attached hydrogens (tertiary/aromatic N) is 2. The summed E-state index contributed by atoms with van der Waals surface area (Å²) >= 11 is 0. The highest BCUT2D eigenvalue weighted by Gasteiger charge is 2.44. The second kappa shape index (κ2) is 6.21. The molecule has 0 radical (unpaired) electrons. The van der Waals surface area contributed by atoms with Crippen molar-refractivity contribution in [3.8, 4) is 0 Å². The van der Waals surface area contributed by atoms with Gasteiger partial charge in [-0.2, -0.15) is 0 Å². The average molecular weight is 356 g/mol. The van der Waals surface area contributed by atoms with E-state index in [-0.39, 0.29) is 24.8 Å². The van der Waals surface area contributed by atoms with Crippen LogP contribution in [0, 0.1) is 0 Å². The smallest absolute Gasteiger partial charge is 0.262 e. The number of hydrogen-bond acceptors (Lipinski definition) is 6. The summed E-state index contributed by atoms with van der Waals surface area (Å²) in [6.45, 7) is 4.63. The SMILES string of the molecule is C[C@H]1CNCCN1c1ccc2c(c1)C(=O)N(C1CCC(=O)NC1=O)C2=O. The molecule has 1 unspecified atom stereocenters. The number of hydrogen-bond donors (Lipinski definition) is 2. The van der Waals surface area contributed by atoms with E-state index in [9.17, 15) is 19.2 Å². The van der Waals surface area contributed by atoms with Crippen molar-refractivity contribution in [1.82, 2.24) is 15.5 Å². The highest BCUT2D eigenvalue weighted by Crippen LogP contribution is 2.31. The lowest BCUT2D eigenvalue weighted by atomic mass is 10.0. The van der Waals surface area contributed by atoms with Crippen LogP contribution in [-0.4, -0.2) is 60.2 Å². The van der Waals surface area contributed by atoms with Gasteiger partial charge in [-0.05, 0) is 31.5 Å². The summed E-state index contributed by atoms with van der Waals surface area (Å²) in [6.07, 6.45) is 0.283. The fraction of sp³-hybridized carbons (Fsp3) is 0.444. The lowest BCUT2D eigenvalue weighted by Gasteiger charge is -2.36. The lowest BCUT2D eigenvalue weighted by Crippen LogP contribution is -2.54. The lowest BCUT2D eigenvalue weighted by molar-refractivity contribution is -0.136.